The number of hydrogen-bond acceptors (Lipinski definition) is 5. The van der Waals surface area contributed by atoms with Crippen LogP contribution in [-0.2, 0) is 4.79 Å². The standard InChI is InChI=1S/C18H22ClN3O2S/c1-12(17(23)22(2)15-6-4-3-5-7-15)25-18-21-20-16(24-18)13-8-10-14(19)11-9-13/h8-12,15H,3-7H2,1-2H3/t12-/m0/s1. The van der Waals surface area contributed by atoms with Crippen molar-refractivity contribution in [2.24, 2.45) is 0 Å². The summed E-state index contributed by atoms with van der Waals surface area (Å²) in [5.41, 5.74) is 0.807. The van der Waals surface area contributed by atoms with Crippen LogP contribution >= 0.6 is 23.4 Å². The Kier molecular flexibility index (Phi) is 6.02. The van der Waals surface area contributed by atoms with Crippen molar-refractivity contribution in [3.05, 3.63) is 29.3 Å². The van der Waals surface area contributed by atoms with Crippen LogP contribution in [0.2, 0.25) is 5.02 Å². The number of amides is 1. The average molecular weight is 380 g/mol. The quantitative estimate of drug-likeness (QED) is 0.707. The maximum atomic E-state index is 12.7. The lowest BCUT2D eigenvalue weighted by Crippen LogP contribution is -2.42. The van der Waals surface area contributed by atoms with Gasteiger partial charge in [0.25, 0.3) is 5.22 Å². The number of carbonyl (C=O) groups is 1. The van der Waals surface area contributed by atoms with Gasteiger partial charge >= 0.3 is 0 Å². The van der Waals surface area contributed by atoms with E-state index < -0.39 is 0 Å². The maximum Gasteiger partial charge on any atom is 0.277 e. The highest BCUT2D eigenvalue weighted by Crippen LogP contribution is 2.29. The Morgan fingerprint density at radius 2 is 1.92 bits per heavy atom. The van der Waals surface area contributed by atoms with E-state index in [1.165, 1.54) is 31.0 Å². The molecule has 5 nitrogen and oxygen atoms in total. The molecule has 0 radical (unpaired) electrons. The number of benzene rings is 1. The van der Waals surface area contributed by atoms with Gasteiger partial charge in [0.05, 0.1) is 5.25 Å². The minimum atomic E-state index is -0.259. The Bertz CT molecular complexity index is 713. The molecule has 3 rings (SSSR count). The van der Waals surface area contributed by atoms with E-state index in [4.69, 9.17) is 16.0 Å². The first-order valence-electron chi connectivity index (χ1n) is 8.57. The highest BCUT2D eigenvalue weighted by molar-refractivity contribution is 8.00. The van der Waals surface area contributed by atoms with Crippen LogP contribution in [0.1, 0.15) is 39.0 Å². The van der Waals surface area contributed by atoms with Crippen LogP contribution in [0.3, 0.4) is 0 Å². The monoisotopic (exact) mass is 379 g/mol. The number of aromatic nitrogens is 2. The van der Waals surface area contributed by atoms with E-state index in [2.05, 4.69) is 10.2 Å². The lowest BCUT2D eigenvalue weighted by atomic mass is 9.94. The number of rotatable bonds is 5. The fourth-order valence-corrected chi connectivity index (χ4v) is 4.01. The molecule has 1 atom stereocenters. The average Bonchev–Trinajstić information content (AvgIpc) is 3.10. The summed E-state index contributed by atoms with van der Waals surface area (Å²) in [4.78, 5) is 14.6. The third-order valence-corrected chi connectivity index (χ3v) is 5.77. The van der Waals surface area contributed by atoms with Gasteiger partial charge in [0, 0.05) is 23.7 Å². The molecule has 1 amide bonds. The molecule has 7 heteroatoms. The van der Waals surface area contributed by atoms with Gasteiger partial charge in [0.2, 0.25) is 11.8 Å². The Hall–Kier alpha value is -1.53. The zero-order chi connectivity index (χ0) is 17.8. The van der Waals surface area contributed by atoms with Crippen molar-refractivity contribution in [3.8, 4) is 11.5 Å². The van der Waals surface area contributed by atoms with Gasteiger partial charge < -0.3 is 9.32 Å². The van der Waals surface area contributed by atoms with Gasteiger partial charge in [-0.05, 0) is 44.0 Å². The number of thioether (sulfide) groups is 1. The van der Waals surface area contributed by atoms with Gasteiger partial charge in [0.15, 0.2) is 0 Å². The third kappa shape index (κ3) is 4.55. The van der Waals surface area contributed by atoms with Crippen molar-refractivity contribution in [2.45, 2.75) is 55.5 Å². The van der Waals surface area contributed by atoms with Gasteiger partial charge in [-0.1, -0.05) is 42.6 Å². The summed E-state index contributed by atoms with van der Waals surface area (Å²) in [6, 6.07) is 7.57. The first-order chi connectivity index (χ1) is 12.0. The minimum Gasteiger partial charge on any atom is -0.411 e. The molecule has 1 heterocycles. The van der Waals surface area contributed by atoms with Gasteiger partial charge in [-0.25, -0.2) is 0 Å². The summed E-state index contributed by atoms with van der Waals surface area (Å²) in [5, 5.41) is 8.91. The number of hydrogen-bond donors (Lipinski definition) is 0. The Morgan fingerprint density at radius 1 is 1.24 bits per heavy atom. The van der Waals surface area contributed by atoms with E-state index in [-0.39, 0.29) is 11.2 Å². The molecule has 0 unspecified atom stereocenters. The zero-order valence-corrected chi connectivity index (χ0v) is 16.0. The first-order valence-corrected chi connectivity index (χ1v) is 9.83. The van der Waals surface area contributed by atoms with Crippen molar-refractivity contribution >= 4 is 29.3 Å². The summed E-state index contributed by atoms with van der Waals surface area (Å²) in [6.07, 6.45) is 5.88. The first kappa shape index (κ1) is 18.3. The van der Waals surface area contributed by atoms with Crippen LogP contribution in [0.15, 0.2) is 33.9 Å². The highest BCUT2D eigenvalue weighted by Gasteiger charge is 2.27. The largest absolute Gasteiger partial charge is 0.411 e. The molecule has 1 fully saturated rings. The van der Waals surface area contributed by atoms with Gasteiger partial charge in [-0.2, -0.15) is 0 Å². The molecular formula is C18H22ClN3O2S. The Morgan fingerprint density at radius 3 is 2.60 bits per heavy atom. The van der Waals surface area contributed by atoms with Crippen molar-refractivity contribution < 1.29 is 9.21 Å². The van der Waals surface area contributed by atoms with Crippen LogP contribution in [0, 0.1) is 0 Å². The van der Waals surface area contributed by atoms with Gasteiger partial charge in [-0.3, -0.25) is 4.79 Å². The normalized spacial score (nSPS) is 16.6. The van der Waals surface area contributed by atoms with Gasteiger partial charge in [-0.15, -0.1) is 10.2 Å². The van der Waals surface area contributed by atoms with Crippen molar-refractivity contribution in [2.75, 3.05) is 7.05 Å². The van der Waals surface area contributed by atoms with Crippen molar-refractivity contribution in [3.63, 3.8) is 0 Å². The van der Waals surface area contributed by atoms with E-state index in [1.54, 1.807) is 12.1 Å². The van der Waals surface area contributed by atoms with Crippen LogP contribution in [0.5, 0.6) is 0 Å². The number of nitrogens with zero attached hydrogens (tertiary/aromatic N) is 3. The molecule has 134 valence electrons. The molecule has 25 heavy (non-hydrogen) atoms. The topological polar surface area (TPSA) is 59.2 Å². The molecule has 0 aliphatic heterocycles. The molecule has 1 saturated carbocycles. The zero-order valence-electron chi connectivity index (χ0n) is 14.4. The minimum absolute atomic E-state index is 0.114. The second-order valence-corrected chi connectivity index (χ2v) is 8.11. The molecule has 1 aromatic carbocycles. The summed E-state index contributed by atoms with van der Waals surface area (Å²) < 4.78 is 5.68. The highest BCUT2D eigenvalue weighted by atomic mass is 35.5. The molecule has 1 aromatic heterocycles. The van der Waals surface area contributed by atoms with Crippen molar-refractivity contribution in [1.29, 1.82) is 0 Å². The van der Waals surface area contributed by atoms with E-state index >= 15 is 0 Å². The molecule has 0 spiro atoms. The van der Waals surface area contributed by atoms with Gasteiger partial charge in [0.1, 0.15) is 0 Å². The lowest BCUT2D eigenvalue weighted by molar-refractivity contribution is -0.131. The fraction of sp³-hybridized carbons (Fsp3) is 0.500. The fourth-order valence-electron chi connectivity index (χ4n) is 3.10. The van der Waals surface area contributed by atoms with E-state index in [0.717, 1.165) is 18.4 Å². The third-order valence-electron chi connectivity index (χ3n) is 4.59. The lowest BCUT2D eigenvalue weighted by Gasteiger charge is -2.32. The smallest absolute Gasteiger partial charge is 0.277 e. The summed E-state index contributed by atoms with van der Waals surface area (Å²) in [7, 11) is 1.91. The van der Waals surface area contributed by atoms with Crippen LogP contribution < -0.4 is 0 Å². The number of carbonyl (C=O) groups excluding carboxylic acids is 1. The van der Waals surface area contributed by atoms with Crippen LogP contribution in [0.4, 0.5) is 0 Å². The van der Waals surface area contributed by atoms with Crippen LogP contribution in [0.25, 0.3) is 11.5 Å². The van der Waals surface area contributed by atoms with Crippen molar-refractivity contribution in [1.82, 2.24) is 15.1 Å². The maximum absolute atomic E-state index is 12.7. The molecule has 1 aliphatic rings. The van der Waals surface area contributed by atoms with E-state index in [0.29, 0.717) is 22.2 Å². The second-order valence-electron chi connectivity index (χ2n) is 6.38. The molecule has 0 bridgehead atoms. The summed E-state index contributed by atoms with van der Waals surface area (Å²) in [6.45, 7) is 1.89. The van der Waals surface area contributed by atoms with E-state index in [9.17, 15) is 4.79 Å². The number of halogens is 1. The molecule has 2 aromatic rings. The molecule has 0 saturated heterocycles. The SMILES string of the molecule is C[C@H](Sc1nnc(-c2ccc(Cl)cc2)o1)C(=O)N(C)C1CCCCC1. The second kappa shape index (κ2) is 8.23. The summed E-state index contributed by atoms with van der Waals surface area (Å²) in [5.74, 6) is 0.544. The Balaban J connectivity index is 1.61. The predicted molar refractivity (Wildman–Crippen MR) is 99.7 cm³/mol. The predicted octanol–water partition coefficient (Wildman–Crippen LogP) is 4.66. The summed E-state index contributed by atoms with van der Waals surface area (Å²) >= 11 is 7.19. The molecule has 1 aliphatic carbocycles. The Labute approximate surface area is 157 Å². The molecule has 0 N–H and O–H groups in total. The van der Waals surface area contributed by atoms with Crippen LogP contribution in [-0.4, -0.2) is 39.3 Å². The van der Waals surface area contributed by atoms with E-state index in [1.807, 2.05) is 31.0 Å². The molecular weight excluding hydrogens is 358 g/mol.